The molecule has 0 spiro atoms. The molecule has 0 aliphatic heterocycles. The summed E-state index contributed by atoms with van der Waals surface area (Å²) in [5.41, 5.74) is 1.02. The Morgan fingerprint density at radius 1 is 1.35 bits per heavy atom. The van der Waals surface area contributed by atoms with E-state index in [1.807, 2.05) is 24.3 Å². The lowest BCUT2D eigenvalue weighted by atomic mass is 9.89. The SMILES string of the molecule is C#CC(OCc1cccc(OC)c1)C(C)(C)C. The van der Waals surface area contributed by atoms with Crippen LogP contribution in [0.4, 0.5) is 0 Å². The number of ether oxygens (including phenoxy) is 2. The quantitative estimate of drug-likeness (QED) is 0.742. The van der Waals surface area contributed by atoms with Crippen LogP contribution in [0.25, 0.3) is 0 Å². The zero-order valence-corrected chi connectivity index (χ0v) is 11.0. The van der Waals surface area contributed by atoms with Crippen molar-refractivity contribution < 1.29 is 9.47 Å². The van der Waals surface area contributed by atoms with Crippen LogP contribution >= 0.6 is 0 Å². The van der Waals surface area contributed by atoms with E-state index in [0.717, 1.165) is 11.3 Å². The van der Waals surface area contributed by atoms with Gasteiger partial charge in [0, 0.05) is 0 Å². The van der Waals surface area contributed by atoms with Crippen molar-refractivity contribution in [2.75, 3.05) is 7.11 Å². The van der Waals surface area contributed by atoms with Gasteiger partial charge in [0.15, 0.2) is 0 Å². The first-order valence-electron chi connectivity index (χ1n) is 5.68. The second-order valence-corrected chi connectivity index (χ2v) is 5.08. The van der Waals surface area contributed by atoms with Gasteiger partial charge in [0.2, 0.25) is 0 Å². The van der Waals surface area contributed by atoms with Gasteiger partial charge in [0.1, 0.15) is 11.9 Å². The fourth-order valence-electron chi connectivity index (χ4n) is 1.49. The third-order valence-electron chi connectivity index (χ3n) is 2.49. The van der Waals surface area contributed by atoms with Crippen molar-refractivity contribution in [3.05, 3.63) is 29.8 Å². The van der Waals surface area contributed by atoms with Crippen molar-refractivity contribution in [2.45, 2.75) is 33.5 Å². The average molecular weight is 232 g/mol. The number of hydrogen-bond acceptors (Lipinski definition) is 2. The van der Waals surface area contributed by atoms with Crippen molar-refractivity contribution in [3.63, 3.8) is 0 Å². The van der Waals surface area contributed by atoms with Crippen LogP contribution in [0, 0.1) is 17.8 Å². The van der Waals surface area contributed by atoms with Gasteiger partial charge in [0.05, 0.1) is 13.7 Å². The van der Waals surface area contributed by atoms with E-state index in [0.29, 0.717) is 6.61 Å². The highest BCUT2D eigenvalue weighted by Crippen LogP contribution is 2.23. The lowest BCUT2D eigenvalue weighted by Gasteiger charge is -2.26. The smallest absolute Gasteiger partial charge is 0.123 e. The molecule has 0 amide bonds. The van der Waals surface area contributed by atoms with Crippen LogP contribution in [0.15, 0.2) is 24.3 Å². The van der Waals surface area contributed by atoms with Crippen LogP contribution in [0.3, 0.4) is 0 Å². The Morgan fingerprint density at radius 2 is 2.06 bits per heavy atom. The number of rotatable bonds is 4. The number of benzene rings is 1. The van der Waals surface area contributed by atoms with Crippen LogP contribution < -0.4 is 4.74 Å². The van der Waals surface area contributed by atoms with Gasteiger partial charge in [-0.15, -0.1) is 6.42 Å². The lowest BCUT2D eigenvalue weighted by molar-refractivity contribution is 0.0106. The molecule has 0 saturated heterocycles. The minimum absolute atomic E-state index is 0.0480. The molecule has 2 nitrogen and oxygen atoms in total. The van der Waals surface area contributed by atoms with Crippen LogP contribution in [-0.4, -0.2) is 13.2 Å². The summed E-state index contributed by atoms with van der Waals surface area (Å²) < 4.78 is 10.9. The summed E-state index contributed by atoms with van der Waals surface area (Å²) in [5, 5.41) is 0. The van der Waals surface area contributed by atoms with Crippen LogP contribution in [-0.2, 0) is 11.3 Å². The predicted molar refractivity (Wildman–Crippen MR) is 69.9 cm³/mol. The van der Waals surface area contributed by atoms with Gasteiger partial charge in [0.25, 0.3) is 0 Å². The summed E-state index contributed by atoms with van der Waals surface area (Å²) in [6.07, 6.45) is 5.29. The molecule has 0 fully saturated rings. The van der Waals surface area contributed by atoms with E-state index in [-0.39, 0.29) is 11.5 Å². The Hall–Kier alpha value is -1.46. The highest BCUT2D eigenvalue weighted by Gasteiger charge is 2.23. The van der Waals surface area contributed by atoms with E-state index in [2.05, 4.69) is 26.7 Å². The molecule has 1 aromatic rings. The monoisotopic (exact) mass is 232 g/mol. The molecule has 1 aromatic carbocycles. The molecule has 0 aliphatic rings. The largest absolute Gasteiger partial charge is 0.497 e. The maximum Gasteiger partial charge on any atom is 0.123 e. The summed E-state index contributed by atoms with van der Waals surface area (Å²) >= 11 is 0. The summed E-state index contributed by atoms with van der Waals surface area (Å²) in [6, 6.07) is 7.81. The first kappa shape index (κ1) is 13.6. The van der Waals surface area contributed by atoms with E-state index in [4.69, 9.17) is 15.9 Å². The molecule has 0 aliphatic carbocycles. The molecule has 0 N–H and O–H groups in total. The minimum atomic E-state index is -0.186. The average Bonchev–Trinajstić information content (AvgIpc) is 2.28. The van der Waals surface area contributed by atoms with Crippen molar-refractivity contribution >= 4 is 0 Å². The van der Waals surface area contributed by atoms with Gasteiger partial charge < -0.3 is 9.47 Å². The summed E-state index contributed by atoms with van der Waals surface area (Å²) in [4.78, 5) is 0. The molecule has 0 heterocycles. The van der Waals surface area contributed by atoms with E-state index < -0.39 is 0 Å². The minimum Gasteiger partial charge on any atom is -0.497 e. The van der Waals surface area contributed by atoms with Crippen LogP contribution in [0.2, 0.25) is 0 Å². The van der Waals surface area contributed by atoms with Gasteiger partial charge in [-0.1, -0.05) is 38.8 Å². The van der Waals surface area contributed by atoms with Crippen molar-refractivity contribution in [2.24, 2.45) is 5.41 Å². The fourth-order valence-corrected chi connectivity index (χ4v) is 1.49. The zero-order chi connectivity index (χ0) is 12.9. The molecule has 0 aromatic heterocycles. The molecule has 1 rings (SSSR count). The Bertz CT molecular complexity index is 396. The molecular formula is C15H20O2. The second-order valence-electron chi connectivity index (χ2n) is 5.08. The highest BCUT2D eigenvalue weighted by molar-refractivity contribution is 5.28. The van der Waals surface area contributed by atoms with E-state index in [9.17, 15) is 0 Å². The highest BCUT2D eigenvalue weighted by atomic mass is 16.5. The second kappa shape index (κ2) is 5.75. The van der Waals surface area contributed by atoms with Gasteiger partial charge in [-0.05, 0) is 23.1 Å². The van der Waals surface area contributed by atoms with Gasteiger partial charge in [-0.25, -0.2) is 0 Å². The molecule has 0 radical (unpaired) electrons. The summed E-state index contributed by atoms with van der Waals surface area (Å²) in [7, 11) is 1.65. The zero-order valence-electron chi connectivity index (χ0n) is 11.0. The predicted octanol–water partition coefficient (Wildman–Crippen LogP) is 3.26. The number of hydrogen-bond donors (Lipinski definition) is 0. The lowest BCUT2D eigenvalue weighted by Crippen LogP contribution is -2.27. The Labute approximate surface area is 104 Å². The van der Waals surface area contributed by atoms with Gasteiger partial charge >= 0.3 is 0 Å². The standard InChI is InChI=1S/C15H20O2/c1-6-14(15(2,3)4)17-11-12-8-7-9-13(10-12)16-5/h1,7-10,14H,11H2,2-5H3. The van der Waals surface area contributed by atoms with E-state index >= 15 is 0 Å². The van der Waals surface area contributed by atoms with Crippen molar-refractivity contribution in [1.82, 2.24) is 0 Å². The first-order chi connectivity index (χ1) is 7.97. The Kier molecular flexibility index (Phi) is 4.60. The van der Waals surface area contributed by atoms with E-state index in [1.54, 1.807) is 7.11 Å². The summed E-state index contributed by atoms with van der Waals surface area (Å²) in [5.74, 6) is 3.52. The Balaban J connectivity index is 2.64. The third kappa shape index (κ3) is 4.13. The molecule has 1 atom stereocenters. The summed E-state index contributed by atoms with van der Waals surface area (Å²) in [6.45, 7) is 6.72. The third-order valence-corrected chi connectivity index (χ3v) is 2.49. The first-order valence-corrected chi connectivity index (χ1v) is 5.68. The maximum absolute atomic E-state index is 5.75. The van der Waals surface area contributed by atoms with Gasteiger partial charge in [-0.3, -0.25) is 0 Å². The number of terminal acetylenes is 1. The topological polar surface area (TPSA) is 18.5 Å². The number of methoxy groups -OCH3 is 1. The molecule has 92 valence electrons. The van der Waals surface area contributed by atoms with Crippen molar-refractivity contribution in [1.29, 1.82) is 0 Å². The normalized spacial score (nSPS) is 12.9. The fraction of sp³-hybridized carbons (Fsp3) is 0.467. The van der Waals surface area contributed by atoms with Crippen LogP contribution in [0.1, 0.15) is 26.3 Å². The molecule has 1 unspecified atom stereocenters. The van der Waals surface area contributed by atoms with Crippen LogP contribution in [0.5, 0.6) is 5.75 Å². The van der Waals surface area contributed by atoms with Gasteiger partial charge in [-0.2, -0.15) is 0 Å². The molecule has 2 heteroatoms. The molecule has 0 saturated carbocycles. The Morgan fingerprint density at radius 3 is 2.59 bits per heavy atom. The molecule has 0 bridgehead atoms. The molecule has 17 heavy (non-hydrogen) atoms. The molecular weight excluding hydrogens is 212 g/mol. The van der Waals surface area contributed by atoms with E-state index in [1.165, 1.54) is 0 Å². The van der Waals surface area contributed by atoms with Crippen molar-refractivity contribution in [3.8, 4) is 18.1 Å². The maximum atomic E-state index is 5.75.